The van der Waals surface area contributed by atoms with Gasteiger partial charge in [-0.1, -0.05) is 5.10 Å². The first-order valence-corrected chi connectivity index (χ1v) is 12.7. The van der Waals surface area contributed by atoms with Gasteiger partial charge in [0.1, 0.15) is 11.5 Å². The predicted molar refractivity (Wildman–Crippen MR) is 146 cm³/mol. The summed E-state index contributed by atoms with van der Waals surface area (Å²) in [6.45, 7) is 9.70. The van der Waals surface area contributed by atoms with E-state index < -0.39 is 5.54 Å². The van der Waals surface area contributed by atoms with Gasteiger partial charge in [-0.15, -0.1) is 0 Å². The number of piperazine rings is 1. The lowest BCUT2D eigenvalue weighted by atomic mass is 9.89. The molecule has 2 aliphatic heterocycles. The highest BCUT2D eigenvalue weighted by atomic mass is 16.1. The Kier molecular flexibility index (Phi) is 5.64. The summed E-state index contributed by atoms with van der Waals surface area (Å²) in [5.41, 5.74) is 4.04. The highest BCUT2D eigenvalue weighted by Crippen LogP contribution is 2.37. The quantitative estimate of drug-likeness (QED) is 0.423. The number of allylic oxidation sites excluding steroid dienone is 1. The second-order valence-electron chi connectivity index (χ2n) is 10.4. The molecule has 0 saturated carbocycles. The van der Waals surface area contributed by atoms with Gasteiger partial charge in [-0.2, -0.15) is 5.10 Å². The Balaban J connectivity index is 1.30. The van der Waals surface area contributed by atoms with Crippen molar-refractivity contribution < 1.29 is 4.79 Å². The summed E-state index contributed by atoms with van der Waals surface area (Å²) in [6, 6.07) is 9.83. The molecule has 2 aliphatic rings. The molecule has 6 rings (SSSR count). The van der Waals surface area contributed by atoms with Crippen LogP contribution in [0.2, 0.25) is 0 Å². The Morgan fingerprint density at radius 1 is 1.08 bits per heavy atom. The van der Waals surface area contributed by atoms with Crippen LogP contribution in [0.1, 0.15) is 20.8 Å². The number of rotatable bonds is 4. The van der Waals surface area contributed by atoms with Crippen LogP contribution in [0.25, 0.3) is 22.2 Å². The van der Waals surface area contributed by atoms with Crippen LogP contribution < -0.4 is 15.1 Å². The molecule has 0 spiro atoms. The Morgan fingerprint density at radius 3 is 2.66 bits per heavy atom. The van der Waals surface area contributed by atoms with Crippen molar-refractivity contribution in [2.75, 3.05) is 55.4 Å². The number of fused-ring (bicyclic) bond motifs is 2. The van der Waals surface area contributed by atoms with E-state index in [0.29, 0.717) is 17.2 Å². The van der Waals surface area contributed by atoms with E-state index in [2.05, 4.69) is 58.9 Å². The first kappa shape index (κ1) is 24.0. The predicted octanol–water partition coefficient (Wildman–Crippen LogP) is 2.46. The number of carbonyl (C=O) groups excluding carboxylic acids is 1. The van der Waals surface area contributed by atoms with Gasteiger partial charge in [-0.3, -0.25) is 9.89 Å². The summed E-state index contributed by atoms with van der Waals surface area (Å²) in [5.74, 6) is 1.34. The molecule has 0 radical (unpaired) electrons. The van der Waals surface area contributed by atoms with E-state index in [4.69, 9.17) is 0 Å². The normalized spacial score (nSPS) is 17.7. The standard InChI is InChI=1S/C26H31N11O/c1-16-22(26(2,3)37-25(35(16)5)31-32-33-37)24(38)28-18-6-7-20-19(15-18)23(30-29-20)17-8-9-27-21(14-17)36-12-10-34(4)11-13-36/h6-9,14-15H,10-13H2,1-5H3,(H,28,38)(H,29,30). The number of H-pyrrole nitrogens is 1. The number of aromatic nitrogens is 7. The number of carbonyl (C=O) groups is 1. The smallest absolute Gasteiger partial charge is 0.255 e. The zero-order valence-corrected chi connectivity index (χ0v) is 22.2. The van der Waals surface area contributed by atoms with Crippen molar-refractivity contribution >= 4 is 34.3 Å². The summed E-state index contributed by atoms with van der Waals surface area (Å²) in [4.78, 5) is 24.7. The number of hydrogen-bond donors (Lipinski definition) is 2. The van der Waals surface area contributed by atoms with E-state index in [1.54, 1.807) is 4.68 Å². The molecule has 5 heterocycles. The van der Waals surface area contributed by atoms with Crippen LogP contribution in [0.4, 0.5) is 17.5 Å². The Morgan fingerprint density at radius 2 is 1.87 bits per heavy atom. The van der Waals surface area contributed by atoms with Crippen LogP contribution in [-0.2, 0) is 10.3 Å². The van der Waals surface area contributed by atoms with Crippen molar-refractivity contribution in [3.8, 4) is 11.3 Å². The number of pyridine rings is 1. The zero-order valence-electron chi connectivity index (χ0n) is 22.2. The van der Waals surface area contributed by atoms with Crippen molar-refractivity contribution in [1.29, 1.82) is 0 Å². The van der Waals surface area contributed by atoms with Gasteiger partial charge in [-0.05, 0) is 68.6 Å². The van der Waals surface area contributed by atoms with Crippen molar-refractivity contribution in [1.82, 2.24) is 40.3 Å². The number of nitrogens with zero attached hydrogens (tertiary/aromatic N) is 9. The lowest BCUT2D eigenvalue weighted by Gasteiger charge is -2.37. The largest absolute Gasteiger partial charge is 0.354 e. The minimum atomic E-state index is -0.721. The molecule has 2 N–H and O–H groups in total. The first-order chi connectivity index (χ1) is 18.2. The maximum atomic E-state index is 13.6. The summed E-state index contributed by atoms with van der Waals surface area (Å²) in [5, 5.41) is 23.8. The van der Waals surface area contributed by atoms with Gasteiger partial charge in [0.15, 0.2) is 0 Å². The molecule has 1 saturated heterocycles. The summed E-state index contributed by atoms with van der Waals surface area (Å²) < 4.78 is 1.67. The third kappa shape index (κ3) is 3.88. The Bertz CT molecular complexity index is 1560. The molecule has 196 valence electrons. The fourth-order valence-corrected chi connectivity index (χ4v) is 5.34. The zero-order chi connectivity index (χ0) is 26.6. The number of amides is 1. The fourth-order valence-electron chi connectivity index (χ4n) is 5.34. The number of anilines is 3. The van der Waals surface area contributed by atoms with E-state index in [9.17, 15) is 4.79 Å². The molecule has 0 bridgehead atoms. The molecule has 3 aromatic heterocycles. The highest BCUT2D eigenvalue weighted by Gasteiger charge is 2.41. The summed E-state index contributed by atoms with van der Waals surface area (Å²) >= 11 is 0. The van der Waals surface area contributed by atoms with E-state index in [1.165, 1.54) is 0 Å². The monoisotopic (exact) mass is 513 g/mol. The average molecular weight is 514 g/mol. The van der Waals surface area contributed by atoms with Crippen LogP contribution in [0.15, 0.2) is 47.8 Å². The van der Waals surface area contributed by atoms with E-state index in [1.807, 2.05) is 63.2 Å². The topological polar surface area (TPSA) is 124 Å². The molecule has 12 heteroatoms. The third-order valence-electron chi connectivity index (χ3n) is 7.65. The maximum Gasteiger partial charge on any atom is 0.255 e. The summed E-state index contributed by atoms with van der Waals surface area (Å²) in [6.07, 6.45) is 1.83. The van der Waals surface area contributed by atoms with Crippen molar-refractivity contribution in [2.24, 2.45) is 0 Å². The van der Waals surface area contributed by atoms with Gasteiger partial charge in [-0.25, -0.2) is 9.67 Å². The Labute approximate surface area is 220 Å². The molecule has 1 amide bonds. The van der Waals surface area contributed by atoms with E-state index >= 15 is 0 Å². The molecular formula is C26H31N11O. The lowest BCUT2D eigenvalue weighted by Crippen LogP contribution is -2.44. The average Bonchev–Trinajstić information content (AvgIpc) is 3.56. The van der Waals surface area contributed by atoms with Crippen molar-refractivity contribution in [3.05, 3.63) is 47.8 Å². The minimum absolute atomic E-state index is 0.203. The van der Waals surface area contributed by atoms with Crippen LogP contribution in [0.3, 0.4) is 0 Å². The molecule has 1 fully saturated rings. The van der Waals surface area contributed by atoms with Gasteiger partial charge < -0.3 is 20.0 Å². The number of likely N-dealkylation sites (N-methyl/N-ethyl adjacent to an activating group) is 1. The van der Waals surface area contributed by atoms with Gasteiger partial charge in [0.25, 0.3) is 5.91 Å². The van der Waals surface area contributed by atoms with Gasteiger partial charge in [0.2, 0.25) is 5.95 Å². The van der Waals surface area contributed by atoms with Gasteiger partial charge in [0.05, 0.1) is 16.6 Å². The minimum Gasteiger partial charge on any atom is -0.354 e. The number of hydrogen-bond acceptors (Lipinski definition) is 9. The number of benzene rings is 1. The Hall–Kier alpha value is -4.32. The number of aromatic amines is 1. The molecule has 0 unspecified atom stereocenters. The van der Waals surface area contributed by atoms with E-state index in [0.717, 1.165) is 59.9 Å². The van der Waals surface area contributed by atoms with E-state index in [-0.39, 0.29) is 5.91 Å². The van der Waals surface area contributed by atoms with Gasteiger partial charge in [0, 0.05) is 61.8 Å². The van der Waals surface area contributed by atoms with Crippen LogP contribution in [-0.4, -0.2) is 86.5 Å². The molecular weight excluding hydrogens is 482 g/mol. The number of nitrogens with one attached hydrogen (secondary N) is 2. The van der Waals surface area contributed by atoms with Crippen molar-refractivity contribution in [3.63, 3.8) is 0 Å². The molecule has 0 aliphatic carbocycles. The molecule has 38 heavy (non-hydrogen) atoms. The first-order valence-electron chi connectivity index (χ1n) is 12.7. The molecule has 12 nitrogen and oxygen atoms in total. The van der Waals surface area contributed by atoms with Crippen LogP contribution in [0.5, 0.6) is 0 Å². The number of tetrazole rings is 1. The second-order valence-corrected chi connectivity index (χ2v) is 10.4. The lowest BCUT2D eigenvalue weighted by molar-refractivity contribution is -0.113. The van der Waals surface area contributed by atoms with Crippen LogP contribution >= 0.6 is 0 Å². The molecule has 4 aromatic rings. The SMILES string of the molecule is CC1=C(C(=O)Nc2ccc3[nH]nc(-c4ccnc(N5CCN(C)CC5)c4)c3c2)C(C)(C)n2nnnc2N1C. The molecule has 0 atom stereocenters. The van der Waals surface area contributed by atoms with Gasteiger partial charge >= 0.3 is 0 Å². The highest BCUT2D eigenvalue weighted by molar-refractivity contribution is 6.07. The fraction of sp³-hybridized carbons (Fsp3) is 0.385. The maximum absolute atomic E-state index is 13.6. The third-order valence-corrected chi connectivity index (χ3v) is 7.65. The summed E-state index contributed by atoms with van der Waals surface area (Å²) in [7, 11) is 4.00. The second kappa shape index (κ2) is 8.91. The van der Waals surface area contributed by atoms with Crippen molar-refractivity contribution in [2.45, 2.75) is 26.3 Å². The molecule has 1 aromatic carbocycles. The van der Waals surface area contributed by atoms with Crippen LogP contribution in [0, 0.1) is 0 Å².